The zero-order chi connectivity index (χ0) is 21.8. The molecule has 0 aliphatic carbocycles. The quantitative estimate of drug-likeness (QED) is 0.317. The highest BCUT2D eigenvalue weighted by Crippen LogP contribution is 2.32. The van der Waals surface area contributed by atoms with E-state index >= 15 is 0 Å². The minimum Gasteiger partial charge on any atom is -0.297 e. The van der Waals surface area contributed by atoms with Crippen molar-refractivity contribution in [1.82, 2.24) is 14.5 Å². The van der Waals surface area contributed by atoms with E-state index in [4.69, 9.17) is 11.6 Å². The van der Waals surface area contributed by atoms with Crippen LogP contribution >= 0.6 is 34.7 Å². The van der Waals surface area contributed by atoms with Gasteiger partial charge in [0.05, 0.1) is 23.7 Å². The highest BCUT2D eigenvalue weighted by Gasteiger charge is 2.24. The number of ketones is 1. The number of carbonyl (C=O) groups excluding carboxylic acids is 1. The Labute approximate surface area is 193 Å². The van der Waals surface area contributed by atoms with E-state index in [-0.39, 0.29) is 11.5 Å². The van der Waals surface area contributed by atoms with Gasteiger partial charge >= 0.3 is 0 Å². The first-order valence-electron chi connectivity index (χ1n) is 9.43. The number of thiazole rings is 1. The number of benzene rings is 2. The van der Waals surface area contributed by atoms with Gasteiger partial charge in [-0.25, -0.2) is 9.97 Å². The van der Waals surface area contributed by atoms with Gasteiger partial charge in [0.2, 0.25) is 0 Å². The molecule has 8 heteroatoms. The SMILES string of the molecule is Cc1csc([C@@H](C#N)C(=O)CSc2ncc(-c3ccccc3)n2-c2cccc(Cl)c2)n1. The molecule has 0 fully saturated rings. The number of aryl methyl sites for hydroxylation is 1. The minimum absolute atomic E-state index is 0.114. The molecule has 1 atom stereocenters. The van der Waals surface area contributed by atoms with Crippen molar-refractivity contribution in [2.45, 2.75) is 18.0 Å². The first-order valence-corrected chi connectivity index (χ1v) is 11.7. The number of halogens is 1. The van der Waals surface area contributed by atoms with E-state index in [1.807, 2.05) is 71.5 Å². The monoisotopic (exact) mass is 464 g/mol. The number of hydrogen-bond donors (Lipinski definition) is 0. The Morgan fingerprint density at radius 2 is 2.06 bits per heavy atom. The molecule has 0 bridgehead atoms. The molecule has 5 nitrogen and oxygen atoms in total. The molecule has 4 aromatic rings. The largest absolute Gasteiger partial charge is 0.297 e. The van der Waals surface area contributed by atoms with Crippen molar-refractivity contribution in [2.24, 2.45) is 0 Å². The average Bonchev–Trinajstić information content (AvgIpc) is 3.40. The van der Waals surface area contributed by atoms with Gasteiger partial charge in [-0.1, -0.05) is 59.8 Å². The number of thioether (sulfide) groups is 1. The lowest BCUT2D eigenvalue weighted by atomic mass is 10.1. The van der Waals surface area contributed by atoms with Crippen molar-refractivity contribution in [1.29, 1.82) is 5.26 Å². The van der Waals surface area contributed by atoms with Crippen LogP contribution in [0.15, 0.2) is 71.3 Å². The lowest BCUT2D eigenvalue weighted by molar-refractivity contribution is -0.116. The smallest absolute Gasteiger partial charge is 0.173 e. The predicted molar refractivity (Wildman–Crippen MR) is 125 cm³/mol. The van der Waals surface area contributed by atoms with Crippen molar-refractivity contribution in [3.63, 3.8) is 0 Å². The zero-order valence-corrected chi connectivity index (χ0v) is 18.9. The molecule has 0 amide bonds. The van der Waals surface area contributed by atoms with Crippen LogP contribution in [0.3, 0.4) is 0 Å². The standard InChI is InChI=1S/C23H17ClN4OS2/c1-15-13-30-22(27-15)19(11-25)21(29)14-31-23-26-12-20(16-6-3-2-4-7-16)28(23)18-9-5-8-17(24)10-18/h2-10,12-13,19H,14H2,1H3/t19-/m0/s1. The van der Waals surface area contributed by atoms with Crippen LogP contribution in [0.4, 0.5) is 0 Å². The van der Waals surface area contributed by atoms with Crippen LogP contribution in [-0.4, -0.2) is 26.1 Å². The highest BCUT2D eigenvalue weighted by molar-refractivity contribution is 7.99. The maximum absolute atomic E-state index is 12.8. The Hall–Kier alpha value is -2.92. The van der Waals surface area contributed by atoms with E-state index in [1.165, 1.54) is 23.1 Å². The number of carbonyl (C=O) groups is 1. The Morgan fingerprint density at radius 1 is 1.26 bits per heavy atom. The van der Waals surface area contributed by atoms with Gasteiger partial charge in [-0.3, -0.25) is 9.36 Å². The number of hydrogen-bond acceptors (Lipinski definition) is 6. The second-order valence-electron chi connectivity index (χ2n) is 6.75. The van der Waals surface area contributed by atoms with Gasteiger partial charge in [0.1, 0.15) is 5.01 Å². The van der Waals surface area contributed by atoms with Gasteiger partial charge in [0.15, 0.2) is 16.9 Å². The van der Waals surface area contributed by atoms with Gasteiger partial charge < -0.3 is 0 Å². The normalized spacial score (nSPS) is 11.8. The topological polar surface area (TPSA) is 71.6 Å². The summed E-state index contributed by atoms with van der Waals surface area (Å²) in [4.78, 5) is 21.7. The van der Waals surface area contributed by atoms with Crippen LogP contribution < -0.4 is 0 Å². The summed E-state index contributed by atoms with van der Waals surface area (Å²) in [7, 11) is 0. The van der Waals surface area contributed by atoms with Crippen LogP contribution in [-0.2, 0) is 4.79 Å². The summed E-state index contributed by atoms with van der Waals surface area (Å²) in [6, 6.07) is 19.5. The Kier molecular flexibility index (Phi) is 6.52. The van der Waals surface area contributed by atoms with Crippen molar-refractivity contribution < 1.29 is 4.79 Å². The summed E-state index contributed by atoms with van der Waals surface area (Å²) in [5.74, 6) is -0.944. The van der Waals surface area contributed by atoms with E-state index in [9.17, 15) is 10.1 Å². The number of Topliss-reactive ketones (excluding diaryl/α,β-unsaturated/α-hetero) is 1. The van der Waals surface area contributed by atoms with E-state index in [2.05, 4.69) is 16.0 Å². The van der Waals surface area contributed by atoms with Gasteiger partial charge in [-0.05, 0) is 25.1 Å². The molecule has 4 rings (SSSR count). The predicted octanol–water partition coefficient (Wildman–Crippen LogP) is 5.93. The molecule has 154 valence electrons. The molecule has 0 aliphatic heterocycles. The Bertz CT molecular complexity index is 1260. The van der Waals surface area contributed by atoms with Gasteiger partial charge in [0, 0.05) is 27.3 Å². The lowest BCUT2D eigenvalue weighted by Crippen LogP contribution is -2.13. The van der Waals surface area contributed by atoms with E-state index in [0.717, 1.165) is 22.6 Å². The molecule has 0 saturated heterocycles. The molecule has 0 saturated carbocycles. The number of rotatable bonds is 7. The minimum atomic E-state index is -0.866. The Morgan fingerprint density at radius 3 is 2.74 bits per heavy atom. The number of nitriles is 1. The molecule has 2 aromatic heterocycles. The lowest BCUT2D eigenvalue weighted by Gasteiger charge is -2.13. The summed E-state index contributed by atoms with van der Waals surface area (Å²) in [6.45, 7) is 1.85. The third-order valence-electron chi connectivity index (χ3n) is 4.54. The number of nitrogens with zero attached hydrogens (tertiary/aromatic N) is 4. The molecule has 0 aliphatic rings. The molecule has 0 spiro atoms. The number of aromatic nitrogens is 3. The van der Waals surface area contributed by atoms with Crippen LogP contribution in [0.1, 0.15) is 16.6 Å². The van der Waals surface area contributed by atoms with Crippen LogP contribution in [0, 0.1) is 18.3 Å². The van der Waals surface area contributed by atoms with Crippen LogP contribution in [0.5, 0.6) is 0 Å². The molecule has 0 unspecified atom stereocenters. The number of imidazole rings is 1. The van der Waals surface area contributed by atoms with E-state index < -0.39 is 5.92 Å². The van der Waals surface area contributed by atoms with Crippen molar-refractivity contribution >= 4 is 40.5 Å². The highest BCUT2D eigenvalue weighted by atomic mass is 35.5. The zero-order valence-electron chi connectivity index (χ0n) is 16.5. The Balaban J connectivity index is 1.65. The van der Waals surface area contributed by atoms with E-state index in [1.54, 1.807) is 6.20 Å². The first kappa shape index (κ1) is 21.3. The van der Waals surface area contributed by atoms with Gasteiger partial charge in [0.25, 0.3) is 0 Å². The summed E-state index contributed by atoms with van der Waals surface area (Å²) < 4.78 is 1.98. The van der Waals surface area contributed by atoms with Crippen molar-refractivity contribution in [3.8, 4) is 23.0 Å². The maximum Gasteiger partial charge on any atom is 0.173 e. The summed E-state index contributed by atoms with van der Waals surface area (Å²) in [6.07, 6.45) is 1.79. The molecule has 2 heterocycles. The molecule has 0 radical (unpaired) electrons. The molecular weight excluding hydrogens is 448 g/mol. The molecule has 2 aromatic carbocycles. The van der Waals surface area contributed by atoms with Crippen molar-refractivity contribution in [2.75, 3.05) is 5.75 Å². The third kappa shape index (κ3) is 4.72. The average molecular weight is 465 g/mol. The molecule has 0 N–H and O–H groups in total. The summed E-state index contributed by atoms with van der Waals surface area (Å²) in [5, 5.41) is 13.2. The second kappa shape index (κ2) is 9.48. The fourth-order valence-electron chi connectivity index (χ4n) is 3.10. The first-order chi connectivity index (χ1) is 15.1. The molecule has 31 heavy (non-hydrogen) atoms. The van der Waals surface area contributed by atoms with Crippen LogP contribution in [0.25, 0.3) is 16.9 Å². The summed E-state index contributed by atoms with van der Waals surface area (Å²) >= 11 is 8.87. The van der Waals surface area contributed by atoms with Crippen molar-refractivity contribution in [3.05, 3.63) is 81.9 Å². The van der Waals surface area contributed by atoms with Gasteiger partial charge in [-0.2, -0.15) is 5.26 Å². The fourth-order valence-corrected chi connectivity index (χ4v) is 5.05. The third-order valence-corrected chi connectivity index (χ3v) is 6.78. The summed E-state index contributed by atoms with van der Waals surface area (Å²) in [5.41, 5.74) is 3.56. The molecular formula is C23H17ClN4OS2. The maximum atomic E-state index is 12.8. The van der Waals surface area contributed by atoms with Gasteiger partial charge in [-0.15, -0.1) is 11.3 Å². The second-order valence-corrected chi connectivity index (χ2v) is 9.02. The fraction of sp³-hybridized carbons (Fsp3) is 0.130. The van der Waals surface area contributed by atoms with Crippen LogP contribution in [0.2, 0.25) is 5.02 Å². The van der Waals surface area contributed by atoms with E-state index in [0.29, 0.717) is 15.2 Å².